The molecule has 2 atom stereocenters. The molecule has 154 valence electrons. The molecule has 1 aliphatic carbocycles. The van der Waals surface area contributed by atoms with E-state index >= 15 is 0 Å². The maximum Gasteiger partial charge on any atom is 0.417 e. The molecule has 1 amide bonds. The van der Waals surface area contributed by atoms with Crippen LogP contribution in [0.15, 0.2) is 42.5 Å². The molecule has 2 aromatic carbocycles. The number of anilines is 1. The standard InChI is InChI=1S/C19H13F6NO3/c20-18(21,22)13-6-5-9(7-14(13)19(23,24)25)11-8-12(11)16(27)26-15-4-2-1-3-10(15)17(28)29/h1-7,11-12H,8H2,(H,26,27)(H,28,29). The molecule has 1 aliphatic rings. The number of aromatic carboxylic acids is 1. The first-order chi connectivity index (χ1) is 13.4. The molecule has 4 nitrogen and oxygen atoms in total. The van der Waals surface area contributed by atoms with Crippen molar-refractivity contribution in [1.82, 2.24) is 0 Å². The van der Waals surface area contributed by atoms with Gasteiger partial charge in [-0.3, -0.25) is 4.79 Å². The Balaban J connectivity index is 1.81. The molecule has 0 aliphatic heterocycles. The zero-order valence-electron chi connectivity index (χ0n) is 14.4. The summed E-state index contributed by atoms with van der Waals surface area (Å²) in [6.07, 6.45) is -10.2. The maximum absolute atomic E-state index is 13.1. The summed E-state index contributed by atoms with van der Waals surface area (Å²) in [5.74, 6) is -3.34. The molecule has 0 saturated heterocycles. The number of hydrogen-bond acceptors (Lipinski definition) is 2. The van der Waals surface area contributed by atoms with Crippen LogP contribution in [0.2, 0.25) is 0 Å². The van der Waals surface area contributed by atoms with Gasteiger partial charge in [-0.1, -0.05) is 18.2 Å². The van der Waals surface area contributed by atoms with E-state index in [9.17, 15) is 35.9 Å². The first kappa shape index (κ1) is 20.7. The van der Waals surface area contributed by atoms with Crippen LogP contribution < -0.4 is 5.32 Å². The molecule has 0 aromatic heterocycles. The zero-order chi connectivity index (χ0) is 21.6. The zero-order valence-corrected chi connectivity index (χ0v) is 14.4. The highest BCUT2D eigenvalue weighted by molar-refractivity contribution is 6.02. The van der Waals surface area contributed by atoms with Crippen molar-refractivity contribution in [3.05, 3.63) is 64.7 Å². The lowest BCUT2D eigenvalue weighted by Gasteiger charge is -2.16. The monoisotopic (exact) mass is 417 g/mol. The summed E-state index contributed by atoms with van der Waals surface area (Å²) in [5.41, 5.74) is -3.75. The number of halogens is 6. The Bertz CT molecular complexity index is 967. The van der Waals surface area contributed by atoms with Gasteiger partial charge in [0.2, 0.25) is 5.91 Å². The first-order valence-electron chi connectivity index (χ1n) is 8.31. The van der Waals surface area contributed by atoms with Crippen LogP contribution in [0.3, 0.4) is 0 Å². The van der Waals surface area contributed by atoms with Crippen molar-refractivity contribution in [3.8, 4) is 0 Å². The molecule has 2 unspecified atom stereocenters. The number of hydrogen-bond donors (Lipinski definition) is 2. The minimum atomic E-state index is -5.20. The minimum Gasteiger partial charge on any atom is -0.478 e. The highest BCUT2D eigenvalue weighted by Gasteiger charge is 2.47. The van der Waals surface area contributed by atoms with E-state index in [-0.39, 0.29) is 23.2 Å². The van der Waals surface area contributed by atoms with Crippen molar-refractivity contribution >= 4 is 17.6 Å². The summed E-state index contributed by atoms with van der Waals surface area (Å²) in [5, 5.41) is 11.5. The lowest BCUT2D eigenvalue weighted by molar-refractivity contribution is -0.162. The molecule has 1 fully saturated rings. The number of para-hydroxylation sites is 1. The fourth-order valence-corrected chi connectivity index (χ4v) is 3.13. The Kier molecular flexibility index (Phi) is 5.06. The van der Waals surface area contributed by atoms with Gasteiger partial charge in [-0.25, -0.2) is 4.79 Å². The van der Waals surface area contributed by atoms with E-state index in [1.54, 1.807) is 0 Å². The molecule has 3 rings (SSSR count). The predicted octanol–water partition coefficient (Wildman–Crippen LogP) is 5.16. The smallest absolute Gasteiger partial charge is 0.417 e. The van der Waals surface area contributed by atoms with Crippen LogP contribution in [-0.4, -0.2) is 17.0 Å². The van der Waals surface area contributed by atoms with E-state index in [1.807, 2.05) is 0 Å². The second kappa shape index (κ2) is 7.09. The summed E-state index contributed by atoms with van der Waals surface area (Å²) in [4.78, 5) is 23.5. The predicted molar refractivity (Wildman–Crippen MR) is 89.3 cm³/mol. The minimum absolute atomic E-state index is 0.0269. The van der Waals surface area contributed by atoms with E-state index in [0.29, 0.717) is 12.1 Å². The largest absolute Gasteiger partial charge is 0.478 e. The van der Waals surface area contributed by atoms with Gasteiger partial charge in [-0.05, 0) is 42.2 Å². The Morgan fingerprint density at radius 3 is 2.14 bits per heavy atom. The van der Waals surface area contributed by atoms with E-state index in [0.717, 1.165) is 6.07 Å². The summed E-state index contributed by atoms with van der Waals surface area (Å²) < 4.78 is 77.8. The third-order valence-electron chi connectivity index (χ3n) is 4.63. The third kappa shape index (κ3) is 4.36. The van der Waals surface area contributed by atoms with Crippen molar-refractivity contribution in [3.63, 3.8) is 0 Å². The van der Waals surface area contributed by atoms with Gasteiger partial charge in [-0.2, -0.15) is 26.3 Å². The Labute approximate surface area is 160 Å². The van der Waals surface area contributed by atoms with Gasteiger partial charge < -0.3 is 10.4 Å². The fraction of sp³-hybridized carbons (Fsp3) is 0.263. The van der Waals surface area contributed by atoms with Crippen LogP contribution in [0.4, 0.5) is 32.0 Å². The highest BCUT2D eigenvalue weighted by atomic mass is 19.4. The molecule has 0 bridgehead atoms. The van der Waals surface area contributed by atoms with Gasteiger partial charge >= 0.3 is 18.3 Å². The Morgan fingerprint density at radius 2 is 1.55 bits per heavy atom. The number of carboxylic acids is 1. The van der Waals surface area contributed by atoms with Crippen molar-refractivity contribution in [2.75, 3.05) is 5.32 Å². The highest BCUT2D eigenvalue weighted by Crippen LogP contribution is 2.50. The number of amides is 1. The number of alkyl halides is 6. The SMILES string of the molecule is O=C(O)c1ccccc1NC(=O)C1CC1c1ccc(C(F)(F)F)c(C(F)(F)F)c1. The Hall–Kier alpha value is -3.04. The summed E-state index contributed by atoms with van der Waals surface area (Å²) >= 11 is 0. The van der Waals surface area contributed by atoms with E-state index in [1.165, 1.54) is 24.3 Å². The number of benzene rings is 2. The van der Waals surface area contributed by atoms with Crippen LogP contribution in [0.25, 0.3) is 0 Å². The number of carbonyl (C=O) groups is 2. The molecule has 0 spiro atoms. The van der Waals surface area contributed by atoms with Crippen LogP contribution in [0, 0.1) is 5.92 Å². The molecule has 10 heteroatoms. The van der Waals surface area contributed by atoms with E-state index in [4.69, 9.17) is 5.11 Å². The molecule has 29 heavy (non-hydrogen) atoms. The average Bonchev–Trinajstić information content (AvgIpc) is 3.41. The van der Waals surface area contributed by atoms with Gasteiger partial charge in [-0.15, -0.1) is 0 Å². The van der Waals surface area contributed by atoms with Crippen LogP contribution in [0.5, 0.6) is 0 Å². The maximum atomic E-state index is 13.1. The fourth-order valence-electron chi connectivity index (χ4n) is 3.13. The Morgan fingerprint density at radius 1 is 0.931 bits per heavy atom. The molecular formula is C19H13F6NO3. The molecule has 2 aromatic rings. The van der Waals surface area contributed by atoms with Gasteiger partial charge in [0, 0.05) is 5.92 Å². The topological polar surface area (TPSA) is 66.4 Å². The van der Waals surface area contributed by atoms with Crippen LogP contribution in [0.1, 0.15) is 39.4 Å². The number of nitrogens with one attached hydrogen (secondary N) is 1. The van der Waals surface area contributed by atoms with Gasteiger partial charge in [0.05, 0.1) is 22.4 Å². The quantitative estimate of drug-likeness (QED) is 0.675. The van der Waals surface area contributed by atoms with Crippen molar-refractivity contribution in [2.45, 2.75) is 24.7 Å². The van der Waals surface area contributed by atoms with Crippen molar-refractivity contribution in [1.29, 1.82) is 0 Å². The first-order valence-corrected chi connectivity index (χ1v) is 8.31. The van der Waals surface area contributed by atoms with Gasteiger partial charge in [0.25, 0.3) is 0 Å². The van der Waals surface area contributed by atoms with Crippen LogP contribution >= 0.6 is 0 Å². The number of rotatable bonds is 4. The number of carboxylic acid groups (broad SMARTS) is 1. The van der Waals surface area contributed by atoms with E-state index in [2.05, 4.69) is 5.32 Å². The molecule has 0 heterocycles. The second-order valence-electron chi connectivity index (χ2n) is 6.59. The molecule has 1 saturated carbocycles. The summed E-state index contributed by atoms with van der Waals surface area (Å²) in [6.45, 7) is 0. The number of carbonyl (C=O) groups excluding carboxylic acids is 1. The van der Waals surface area contributed by atoms with E-state index < -0.39 is 47.2 Å². The summed E-state index contributed by atoms with van der Waals surface area (Å²) in [7, 11) is 0. The van der Waals surface area contributed by atoms with Crippen molar-refractivity contribution in [2.24, 2.45) is 5.92 Å². The molecule has 0 radical (unpaired) electrons. The molecular weight excluding hydrogens is 404 g/mol. The second-order valence-corrected chi connectivity index (χ2v) is 6.59. The van der Waals surface area contributed by atoms with Gasteiger partial charge in [0.15, 0.2) is 0 Å². The lowest BCUT2D eigenvalue weighted by Crippen LogP contribution is -2.18. The normalized spacial score (nSPS) is 19.0. The van der Waals surface area contributed by atoms with Crippen LogP contribution in [-0.2, 0) is 17.1 Å². The van der Waals surface area contributed by atoms with Crippen molar-refractivity contribution < 1.29 is 41.0 Å². The van der Waals surface area contributed by atoms with Gasteiger partial charge in [0.1, 0.15) is 0 Å². The lowest BCUT2D eigenvalue weighted by atomic mass is 9.99. The summed E-state index contributed by atoms with van der Waals surface area (Å²) in [6, 6.07) is 7.31. The third-order valence-corrected chi connectivity index (χ3v) is 4.63. The average molecular weight is 417 g/mol. The molecule has 2 N–H and O–H groups in total.